The molecule has 11 heavy (non-hydrogen) atoms. The minimum atomic E-state index is 0.927. The van der Waals surface area contributed by atoms with Crippen LogP contribution in [0, 0.1) is 12.3 Å². The maximum atomic E-state index is 6.75. The number of hydrogen-bond acceptors (Lipinski definition) is 2. The molecule has 1 rings (SSSR count). The molecule has 1 N–H and O–H groups in total. The Bertz CT molecular complexity index is 277. The number of aryl methyl sites for hydroxylation is 1. The molecule has 1 aromatic carbocycles. The summed E-state index contributed by atoms with van der Waals surface area (Å²) in [5.74, 6) is 0. The molecule has 0 spiro atoms. The number of aliphatic imine (C=N–C) groups is 1. The van der Waals surface area contributed by atoms with E-state index in [9.17, 15) is 0 Å². The number of rotatable bonds is 2. The van der Waals surface area contributed by atoms with E-state index in [2.05, 4.69) is 4.99 Å². The van der Waals surface area contributed by atoms with Crippen molar-refractivity contribution < 1.29 is 0 Å². The molecule has 0 amide bonds. The number of hydrogen-bond donors (Lipinski definition) is 1. The maximum absolute atomic E-state index is 6.75. The van der Waals surface area contributed by atoms with Crippen LogP contribution < -0.4 is 0 Å². The molecule has 0 aliphatic heterocycles. The Kier molecular flexibility index (Phi) is 2.55. The second-order valence-corrected chi connectivity index (χ2v) is 2.23. The molecule has 0 atom stereocenters. The van der Waals surface area contributed by atoms with Crippen LogP contribution in [-0.4, -0.2) is 12.4 Å². The van der Waals surface area contributed by atoms with Gasteiger partial charge in [-0.1, -0.05) is 18.2 Å². The molecule has 56 valence electrons. The van der Waals surface area contributed by atoms with Gasteiger partial charge in [-0.15, -0.1) is 0 Å². The predicted octanol–water partition coefficient (Wildman–Crippen LogP) is 2.35. The fourth-order valence-corrected chi connectivity index (χ4v) is 0.826. The Morgan fingerprint density at radius 1 is 1.36 bits per heavy atom. The highest BCUT2D eigenvalue weighted by atomic mass is 14.7. The monoisotopic (exact) mass is 146 g/mol. The average Bonchev–Trinajstić information content (AvgIpc) is 2.03. The normalized spacial score (nSPS) is 10.3. The zero-order chi connectivity index (χ0) is 8.10. The van der Waals surface area contributed by atoms with Gasteiger partial charge in [0.05, 0.1) is 5.69 Å². The summed E-state index contributed by atoms with van der Waals surface area (Å²) in [6.07, 6.45) is 2.65. The zero-order valence-corrected chi connectivity index (χ0v) is 6.41. The summed E-state index contributed by atoms with van der Waals surface area (Å²) in [4.78, 5) is 4.06. The Balaban J connectivity index is 2.94. The van der Waals surface area contributed by atoms with Crippen LogP contribution in [0.3, 0.4) is 0 Å². The van der Waals surface area contributed by atoms with Crippen molar-refractivity contribution in [2.24, 2.45) is 4.99 Å². The highest BCUT2D eigenvalue weighted by Crippen LogP contribution is 2.15. The molecule has 0 aliphatic rings. The van der Waals surface area contributed by atoms with E-state index in [-0.39, 0.29) is 0 Å². The molecule has 0 aliphatic carbocycles. The van der Waals surface area contributed by atoms with Crippen LogP contribution in [0.4, 0.5) is 5.69 Å². The Hall–Kier alpha value is -1.44. The minimum Gasteiger partial charge on any atom is -0.307 e. The molecule has 0 fully saturated rings. The Labute approximate surface area is 66.1 Å². The molecule has 0 saturated carbocycles. The summed E-state index contributed by atoms with van der Waals surface area (Å²) in [6.45, 7) is 2.00. The van der Waals surface area contributed by atoms with Gasteiger partial charge in [0.15, 0.2) is 0 Å². The first kappa shape index (κ1) is 7.66. The van der Waals surface area contributed by atoms with E-state index in [4.69, 9.17) is 5.41 Å². The lowest BCUT2D eigenvalue weighted by Gasteiger charge is -1.95. The largest absolute Gasteiger partial charge is 0.307 e. The summed E-state index contributed by atoms with van der Waals surface area (Å²) in [5, 5.41) is 6.75. The summed E-state index contributed by atoms with van der Waals surface area (Å²) in [5.41, 5.74) is 2.06. The quantitative estimate of drug-likeness (QED) is 0.622. The van der Waals surface area contributed by atoms with Crippen molar-refractivity contribution in [3.63, 3.8) is 0 Å². The first-order chi connectivity index (χ1) is 5.34. The van der Waals surface area contributed by atoms with Crippen molar-refractivity contribution in [1.82, 2.24) is 0 Å². The van der Waals surface area contributed by atoms with E-state index >= 15 is 0 Å². The van der Waals surface area contributed by atoms with Crippen LogP contribution in [0.1, 0.15) is 5.56 Å². The van der Waals surface area contributed by atoms with Gasteiger partial charge in [-0.05, 0) is 18.6 Å². The van der Waals surface area contributed by atoms with E-state index in [0.29, 0.717) is 0 Å². The lowest BCUT2D eigenvalue weighted by atomic mass is 10.2. The van der Waals surface area contributed by atoms with Crippen LogP contribution in [0.15, 0.2) is 29.3 Å². The second kappa shape index (κ2) is 3.66. The third-order valence-corrected chi connectivity index (χ3v) is 1.40. The van der Waals surface area contributed by atoms with Gasteiger partial charge in [0, 0.05) is 12.4 Å². The molecule has 0 aromatic heterocycles. The molecular weight excluding hydrogens is 136 g/mol. The summed E-state index contributed by atoms with van der Waals surface area (Å²) in [6, 6.07) is 7.83. The van der Waals surface area contributed by atoms with Gasteiger partial charge in [0.25, 0.3) is 0 Å². The lowest BCUT2D eigenvalue weighted by molar-refractivity contribution is 1.41. The Morgan fingerprint density at radius 3 is 2.73 bits per heavy atom. The minimum absolute atomic E-state index is 0.927. The van der Waals surface area contributed by atoms with Gasteiger partial charge in [-0.2, -0.15) is 0 Å². The highest BCUT2D eigenvalue weighted by molar-refractivity contribution is 6.15. The molecule has 0 radical (unpaired) electrons. The second-order valence-electron chi connectivity index (χ2n) is 2.23. The van der Waals surface area contributed by atoms with Crippen molar-refractivity contribution in [2.75, 3.05) is 0 Å². The SMILES string of the molecule is Cc1ccccc1N=CC=N. The fourth-order valence-electron chi connectivity index (χ4n) is 0.826. The number of benzene rings is 1. The van der Waals surface area contributed by atoms with Crippen molar-refractivity contribution in [2.45, 2.75) is 6.92 Å². The molecule has 1 aromatic rings. The van der Waals surface area contributed by atoms with Crippen LogP contribution in [0.25, 0.3) is 0 Å². The van der Waals surface area contributed by atoms with E-state index in [1.165, 1.54) is 12.4 Å². The average molecular weight is 146 g/mol. The number of nitrogens with one attached hydrogen (secondary N) is 1. The van der Waals surface area contributed by atoms with E-state index in [0.717, 1.165) is 11.3 Å². The van der Waals surface area contributed by atoms with Gasteiger partial charge in [-0.3, -0.25) is 4.99 Å². The fraction of sp³-hybridized carbons (Fsp3) is 0.111. The van der Waals surface area contributed by atoms with Crippen LogP contribution in [0.2, 0.25) is 0 Å². The molecular formula is C9H10N2. The van der Waals surface area contributed by atoms with Crippen molar-refractivity contribution >= 4 is 18.1 Å². The smallest absolute Gasteiger partial charge is 0.0659 e. The van der Waals surface area contributed by atoms with E-state index < -0.39 is 0 Å². The standard InChI is InChI=1S/C9H10N2/c1-8-4-2-3-5-9(8)11-7-6-10/h2-7,10H,1H3. The van der Waals surface area contributed by atoms with Crippen molar-refractivity contribution in [1.29, 1.82) is 5.41 Å². The summed E-state index contributed by atoms with van der Waals surface area (Å²) in [7, 11) is 0. The molecule has 2 nitrogen and oxygen atoms in total. The third-order valence-electron chi connectivity index (χ3n) is 1.40. The molecule has 2 heteroatoms. The van der Waals surface area contributed by atoms with E-state index in [1.54, 1.807) is 0 Å². The summed E-state index contributed by atoms with van der Waals surface area (Å²) >= 11 is 0. The van der Waals surface area contributed by atoms with Gasteiger partial charge in [0.1, 0.15) is 0 Å². The van der Waals surface area contributed by atoms with Crippen molar-refractivity contribution in [3.05, 3.63) is 29.8 Å². The van der Waals surface area contributed by atoms with Crippen LogP contribution in [-0.2, 0) is 0 Å². The van der Waals surface area contributed by atoms with Gasteiger partial charge in [0.2, 0.25) is 0 Å². The van der Waals surface area contributed by atoms with Gasteiger partial charge < -0.3 is 5.41 Å². The summed E-state index contributed by atoms with van der Waals surface area (Å²) < 4.78 is 0. The van der Waals surface area contributed by atoms with Crippen molar-refractivity contribution in [3.8, 4) is 0 Å². The molecule has 0 bridgehead atoms. The molecule has 0 heterocycles. The number of nitrogens with zero attached hydrogens (tertiary/aromatic N) is 1. The Morgan fingerprint density at radius 2 is 2.09 bits per heavy atom. The predicted molar refractivity (Wildman–Crippen MR) is 48.1 cm³/mol. The maximum Gasteiger partial charge on any atom is 0.0659 e. The number of para-hydroxylation sites is 1. The van der Waals surface area contributed by atoms with Gasteiger partial charge >= 0.3 is 0 Å². The lowest BCUT2D eigenvalue weighted by Crippen LogP contribution is -1.75. The molecule has 0 saturated heterocycles. The highest BCUT2D eigenvalue weighted by Gasteiger charge is 1.89. The zero-order valence-electron chi connectivity index (χ0n) is 6.41. The molecule has 0 unspecified atom stereocenters. The topological polar surface area (TPSA) is 36.2 Å². The first-order valence-corrected chi connectivity index (χ1v) is 3.43. The van der Waals surface area contributed by atoms with E-state index in [1.807, 2.05) is 31.2 Å². The third kappa shape index (κ3) is 2.00. The van der Waals surface area contributed by atoms with Crippen LogP contribution in [0.5, 0.6) is 0 Å². The first-order valence-electron chi connectivity index (χ1n) is 3.43. The van der Waals surface area contributed by atoms with Gasteiger partial charge in [-0.25, -0.2) is 0 Å². The van der Waals surface area contributed by atoms with Crippen LogP contribution >= 0.6 is 0 Å².